The maximum atomic E-state index is 15.4. The summed E-state index contributed by atoms with van der Waals surface area (Å²) in [4.78, 5) is 62.9. The SMILES string of the molecule is [2H]C([2H])(Sc1nc(=O)c2c(n1C([2H])([2H])C(=O)N(C([2H])([2H])c1ccc(-c3ccc(C(F)(F)F)cc3)cc1)C([2H])([2H])C([2H])([2H])N(C([2H])([2H])C)C([2H])([2H])C)C([2H])([2H])C([2H])(C)C2([2H])[2H])c1ccc(F)cc1.[2H]c1c([2H])c(C(F)(F)F)c([2H])c([2H])c1-c1c([2H])c([2H])c(C([2H])([2H])N(C(=O)C([2H])([2H])n2c(SC([2H])([2H])c3ccc(F)cc3)nc(=O)c3c2CCC3)C([2H])([2H])C([2H])([2H])N(C([2H])([2H])C)C([2H])([2H])C)c(C)c1[2H]. The van der Waals surface area contributed by atoms with E-state index in [9.17, 15) is 61.2 Å². The number of aromatic nitrogens is 4. The number of thioether (sulfide) groups is 2. The van der Waals surface area contributed by atoms with Crippen LogP contribution >= 0.6 is 23.5 Å². The van der Waals surface area contributed by atoms with Gasteiger partial charge in [-0.05, 0) is 169 Å². The molecule has 0 saturated heterocycles. The van der Waals surface area contributed by atoms with Crippen molar-refractivity contribution in [3.63, 3.8) is 0 Å². The van der Waals surface area contributed by atoms with E-state index in [1.807, 2.05) is 0 Å². The van der Waals surface area contributed by atoms with Gasteiger partial charge in [-0.25, -0.2) is 8.78 Å². The molecule has 22 heteroatoms. The van der Waals surface area contributed by atoms with Gasteiger partial charge in [0, 0.05) is 102 Å². The fraction of sp³-hybridized carbons (Fsp3) is 0.378. The molecule has 96 heavy (non-hydrogen) atoms. The van der Waals surface area contributed by atoms with Crippen LogP contribution in [0.15, 0.2) is 159 Å². The summed E-state index contributed by atoms with van der Waals surface area (Å²) in [7, 11) is 0. The zero-order chi connectivity index (χ0) is 105. The number of carbonyl (C=O) groups excluding carboxylic acids is 2. The molecule has 10 rings (SSSR count). The summed E-state index contributed by atoms with van der Waals surface area (Å²) in [5.41, 5.74) is -20.8. The molecule has 12 nitrogen and oxygen atoms in total. The summed E-state index contributed by atoms with van der Waals surface area (Å²) in [6.07, 6.45) is -17.4. The van der Waals surface area contributed by atoms with Crippen molar-refractivity contribution in [2.45, 2.75) is 134 Å². The van der Waals surface area contributed by atoms with Crippen LogP contribution in [0.3, 0.4) is 0 Å². The third kappa shape index (κ3) is 19.0. The molecule has 0 bridgehead atoms. The first-order valence-electron chi connectivity index (χ1n) is 48.1. The molecule has 6 aromatic carbocycles. The normalized spacial score (nSPS) is 23.6. The summed E-state index contributed by atoms with van der Waals surface area (Å²) >= 11 is -0.236. The van der Waals surface area contributed by atoms with Crippen LogP contribution in [0.1, 0.15) is 157 Å². The van der Waals surface area contributed by atoms with Gasteiger partial charge in [-0.2, -0.15) is 36.3 Å². The maximum Gasteiger partial charge on any atom is 0.416 e. The van der Waals surface area contributed by atoms with Gasteiger partial charge in [0.25, 0.3) is 11.1 Å². The summed E-state index contributed by atoms with van der Waals surface area (Å²) in [5.74, 6) is -9.80. The second-order valence-corrected chi connectivity index (χ2v) is 21.3. The highest BCUT2D eigenvalue weighted by Crippen LogP contribution is 2.35. The van der Waals surface area contributed by atoms with Gasteiger partial charge in [-0.3, -0.25) is 19.2 Å². The van der Waals surface area contributed by atoms with E-state index in [-0.39, 0.29) is 80.2 Å². The first-order chi connectivity index (χ1) is 60.9. The molecule has 2 aliphatic rings. The lowest BCUT2D eigenvalue weighted by molar-refractivity contribution is -0.138. The Kier molecular flexibility index (Phi) is 12.4. The van der Waals surface area contributed by atoms with E-state index in [0.29, 0.717) is 39.2 Å². The molecule has 2 amide bonds. The largest absolute Gasteiger partial charge is 0.416 e. The number of nitrogens with zero attached hydrogens (tertiary/aromatic N) is 8. The Hall–Kier alpha value is -7.92. The molecule has 2 aromatic heterocycles. The minimum Gasteiger partial charge on any atom is -0.336 e. The Bertz CT molecular complexity index is 6050. The fourth-order valence-electron chi connectivity index (χ4n) is 8.60. The van der Waals surface area contributed by atoms with Crippen molar-refractivity contribution in [3.05, 3.63) is 233 Å². The fourth-order valence-corrected chi connectivity index (χ4v) is 10.0. The Morgan fingerprint density at radius 2 is 1.03 bits per heavy atom. The molecule has 0 aliphatic heterocycles. The zero-order valence-electron chi connectivity index (χ0n) is 90.9. The van der Waals surface area contributed by atoms with E-state index in [1.54, 1.807) is 0 Å². The highest BCUT2D eigenvalue weighted by Gasteiger charge is 2.33. The average molecular weight is 1400 g/mol. The third-order valence-electron chi connectivity index (χ3n) is 13.3. The lowest BCUT2D eigenvalue weighted by Gasteiger charge is -2.28. The number of benzene rings is 6. The lowest BCUT2D eigenvalue weighted by atomic mass is 9.98. The van der Waals surface area contributed by atoms with Crippen molar-refractivity contribution in [2.24, 2.45) is 5.89 Å². The van der Waals surface area contributed by atoms with Crippen LogP contribution in [0.4, 0.5) is 35.1 Å². The second-order valence-electron chi connectivity index (χ2n) is 19.8. The van der Waals surface area contributed by atoms with Crippen molar-refractivity contribution < 1.29 is 99.5 Å². The van der Waals surface area contributed by atoms with Gasteiger partial charge in [0.05, 0.1) is 37.2 Å². The molecule has 508 valence electrons. The van der Waals surface area contributed by atoms with Crippen molar-refractivity contribution in [3.8, 4) is 22.3 Å². The van der Waals surface area contributed by atoms with Gasteiger partial charge in [0.1, 0.15) is 24.6 Å². The quantitative estimate of drug-likeness (QED) is 0.0295. The summed E-state index contributed by atoms with van der Waals surface area (Å²) in [6.45, 7) is -43.5. The van der Waals surface area contributed by atoms with Crippen molar-refractivity contribution in [2.75, 3.05) is 52.0 Å². The van der Waals surface area contributed by atoms with Crippen molar-refractivity contribution in [1.82, 2.24) is 38.7 Å². The van der Waals surface area contributed by atoms with Gasteiger partial charge in [0.15, 0.2) is 10.3 Å². The highest BCUT2D eigenvalue weighted by atomic mass is 32.2. The monoisotopic (exact) mass is 1400 g/mol. The number of carbonyl (C=O) groups is 2. The predicted octanol–water partition coefficient (Wildman–Crippen LogP) is 15.0. The van der Waals surface area contributed by atoms with Crippen LogP contribution < -0.4 is 11.1 Å². The van der Waals surface area contributed by atoms with Crippen LogP contribution in [-0.4, -0.2) is 102 Å². The smallest absolute Gasteiger partial charge is 0.336 e. The number of hydrogen-bond acceptors (Lipinski definition) is 10. The topological polar surface area (TPSA) is 117 Å². The van der Waals surface area contributed by atoms with E-state index in [0.717, 1.165) is 104 Å². The summed E-state index contributed by atoms with van der Waals surface area (Å²) in [5, 5.41) is -2.26. The van der Waals surface area contributed by atoms with Crippen LogP contribution in [-0.2, 0) is 84.9 Å². The Balaban J connectivity index is 0.000000305. The van der Waals surface area contributed by atoms with Crippen LogP contribution in [0.2, 0.25) is 0 Å². The molecule has 1 atom stereocenters. The van der Waals surface area contributed by atoms with Gasteiger partial charge < -0.3 is 28.7 Å². The summed E-state index contributed by atoms with van der Waals surface area (Å²) < 4.78 is 463. The molecule has 2 heterocycles. The molecular formula is C74H80F8N8O4S2. The average Bonchev–Trinajstić information content (AvgIpc) is 1.47. The molecular weight excluding hydrogens is 1280 g/mol. The zero-order valence-corrected chi connectivity index (χ0v) is 52.5. The van der Waals surface area contributed by atoms with E-state index >= 15 is 9.59 Å². The molecule has 0 saturated carbocycles. The van der Waals surface area contributed by atoms with Gasteiger partial charge in [-0.1, -0.05) is 149 Å². The Morgan fingerprint density at radius 3 is 1.53 bits per heavy atom. The van der Waals surface area contributed by atoms with E-state index in [2.05, 4.69) is 9.97 Å². The first kappa shape index (κ1) is 36.1. The number of amides is 2. The number of hydrogen-bond donors (Lipinski definition) is 0. The number of alkyl halides is 6. The van der Waals surface area contributed by atoms with E-state index in [1.165, 1.54) is 0 Å². The van der Waals surface area contributed by atoms with Gasteiger partial charge >= 0.3 is 12.4 Å². The van der Waals surface area contributed by atoms with Crippen LogP contribution in [0, 0.1) is 24.5 Å². The number of fused-ring (bicyclic) bond motifs is 2. The third-order valence-corrected chi connectivity index (χ3v) is 14.9. The van der Waals surface area contributed by atoms with E-state index < -0.39 is 278 Å². The van der Waals surface area contributed by atoms with Crippen molar-refractivity contribution >= 4 is 35.3 Å². The molecule has 8 aromatic rings. The number of halogens is 8. The van der Waals surface area contributed by atoms with Crippen LogP contribution in [0.5, 0.6) is 0 Å². The molecule has 1 unspecified atom stereocenters. The molecule has 2 aliphatic carbocycles. The van der Waals surface area contributed by atoms with Crippen LogP contribution in [0.25, 0.3) is 22.3 Å². The molecule has 0 N–H and O–H groups in total. The first-order valence-corrected chi connectivity index (χ1v) is 29.7. The van der Waals surface area contributed by atoms with Gasteiger partial charge in [-0.15, -0.1) is 0 Å². The maximum absolute atomic E-state index is 15.4. The van der Waals surface area contributed by atoms with Gasteiger partial charge in [0.2, 0.25) is 11.8 Å². The number of likely N-dealkylation sites (N-methyl/N-ethyl adjacent to an activating group) is 2. The van der Waals surface area contributed by atoms with Crippen molar-refractivity contribution in [1.29, 1.82) is 0 Å². The molecule has 0 radical (unpaired) electrons. The lowest BCUT2D eigenvalue weighted by Crippen LogP contribution is -2.40. The Morgan fingerprint density at radius 1 is 0.573 bits per heavy atom. The minimum atomic E-state index is -5.45. The number of rotatable bonds is 26. The molecule has 0 fully saturated rings. The summed E-state index contributed by atoms with van der Waals surface area (Å²) in [6, 6.07) is 4.16. The van der Waals surface area contributed by atoms with E-state index in [4.69, 9.17) is 38.4 Å². The standard InChI is InChI=1S/2C37H40F4N4O2S/c1-4-43(5-2)18-19-44(22-26-6-10-28(11-7-26)29-12-14-30(15-13-29)37(39,40)41)34(46)23-45-33-21-25(3)20-32(33)35(47)42-36(45)48-24-27-8-16-31(38)17-9-27;1-4-43(5-2)19-20-44(22-29-12-11-28(21-25(29)3)27-13-15-30(16-14-27)37(39,40)41)34(46)23-45-33-8-6-7-32(33)35(47)42-36(45)48-24-26-9-17-31(38)18-10-26/h6-17,25H,4-5,18-24H2,1-3H3;9-18,21H,4-8,19-20,22-24H2,1-3H3/i4D2,5D2,18D2,19D2,20D2,21D2,22D2,23D2,24D2,25D;4D2,5D2,11D,12D,13D,14D,15D,16D,19D2,20D2,21D,22D2,23D2,24D2. The molecule has 0 spiro atoms. The minimum absolute atomic E-state index is 0.00544. The predicted molar refractivity (Wildman–Crippen MR) is 362 cm³/mol. The Labute approximate surface area is 620 Å². The highest BCUT2D eigenvalue weighted by molar-refractivity contribution is 7.98. The second kappa shape index (κ2) is 32.9.